The van der Waals surface area contributed by atoms with Gasteiger partial charge in [-0.1, -0.05) is 0 Å². The van der Waals surface area contributed by atoms with Crippen LogP contribution >= 0.6 is 0 Å². The number of hydrogen-bond donors (Lipinski definition) is 0. The molecule has 0 aliphatic carbocycles. The zero-order valence-corrected chi connectivity index (χ0v) is 12.0. The Morgan fingerprint density at radius 1 is 1.43 bits per heavy atom. The summed E-state index contributed by atoms with van der Waals surface area (Å²) < 4.78 is 4.67. The van der Waals surface area contributed by atoms with Gasteiger partial charge in [0.1, 0.15) is 0 Å². The first-order chi connectivity index (χ1) is 9.86. The molecule has 0 saturated carbocycles. The minimum atomic E-state index is -0.490. The van der Waals surface area contributed by atoms with Crippen molar-refractivity contribution in [2.24, 2.45) is 0 Å². The average molecular weight is 292 g/mol. The van der Waals surface area contributed by atoms with E-state index in [4.69, 9.17) is 0 Å². The number of esters is 1. The lowest BCUT2D eigenvalue weighted by Crippen LogP contribution is -2.36. The van der Waals surface area contributed by atoms with Crippen LogP contribution in [0.1, 0.15) is 31.7 Å². The Labute approximate surface area is 121 Å². The van der Waals surface area contributed by atoms with Crippen molar-refractivity contribution in [2.45, 2.75) is 32.2 Å². The van der Waals surface area contributed by atoms with Gasteiger partial charge in [0.25, 0.3) is 5.69 Å². The van der Waals surface area contributed by atoms with Crippen LogP contribution in [-0.2, 0) is 14.3 Å². The van der Waals surface area contributed by atoms with Crippen LogP contribution in [0, 0.1) is 10.1 Å². The molecule has 1 aliphatic rings. The molecule has 1 aliphatic heterocycles. The fourth-order valence-corrected chi connectivity index (χ4v) is 2.83. The molecule has 2 rings (SSSR count). The molecule has 1 amide bonds. The molecule has 0 radical (unpaired) electrons. The van der Waals surface area contributed by atoms with Crippen molar-refractivity contribution >= 4 is 23.3 Å². The molecule has 0 N–H and O–H groups in total. The summed E-state index contributed by atoms with van der Waals surface area (Å²) in [5.74, 6) is -0.879. The molecule has 0 aromatic heterocycles. The lowest BCUT2D eigenvalue weighted by atomic mass is 9.92. The number of hydrogen-bond acceptors (Lipinski definition) is 5. The number of nitro groups is 1. The van der Waals surface area contributed by atoms with Gasteiger partial charge in [0.2, 0.25) is 5.91 Å². The molecule has 0 spiro atoms. The third-order valence-electron chi connectivity index (χ3n) is 3.82. The first-order valence-electron chi connectivity index (χ1n) is 6.51. The maximum Gasteiger partial charge on any atom is 0.306 e. The molecule has 0 saturated heterocycles. The van der Waals surface area contributed by atoms with E-state index in [1.54, 1.807) is 11.0 Å². The van der Waals surface area contributed by atoms with Gasteiger partial charge in [-0.25, -0.2) is 0 Å². The van der Waals surface area contributed by atoms with Crippen LogP contribution in [-0.4, -0.2) is 30.0 Å². The monoisotopic (exact) mass is 292 g/mol. The van der Waals surface area contributed by atoms with Gasteiger partial charge in [0, 0.05) is 36.7 Å². The zero-order valence-electron chi connectivity index (χ0n) is 12.0. The summed E-state index contributed by atoms with van der Waals surface area (Å²) in [5, 5.41) is 10.9. The summed E-state index contributed by atoms with van der Waals surface area (Å²) in [6.07, 6.45) is 0.0790. The van der Waals surface area contributed by atoms with E-state index in [1.807, 2.05) is 6.92 Å². The lowest BCUT2D eigenvalue weighted by Gasteiger charge is -2.23. The summed E-state index contributed by atoms with van der Waals surface area (Å²) in [6, 6.07) is 4.10. The van der Waals surface area contributed by atoms with Gasteiger partial charge in [-0.2, -0.15) is 0 Å². The van der Waals surface area contributed by atoms with Crippen molar-refractivity contribution in [3.63, 3.8) is 0 Å². The number of ether oxygens (including phenoxy) is 1. The van der Waals surface area contributed by atoms with Crippen LogP contribution in [0.4, 0.5) is 11.4 Å². The van der Waals surface area contributed by atoms with Crippen molar-refractivity contribution in [3.05, 3.63) is 33.9 Å². The molecule has 1 aromatic rings. The van der Waals surface area contributed by atoms with Crippen molar-refractivity contribution in [1.29, 1.82) is 0 Å². The van der Waals surface area contributed by atoms with Crippen LogP contribution in [0.3, 0.4) is 0 Å². The van der Waals surface area contributed by atoms with Gasteiger partial charge in [0.05, 0.1) is 18.5 Å². The number of carbonyl (C=O) groups is 2. The number of non-ortho nitro benzene ring substituents is 1. The van der Waals surface area contributed by atoms with Crippen molar-refractivity contribution < 1.29 is 19.2 Å². The second kappa shape index (κ2) is 5.51. The predicted molar refractivity (Wildman–Crippen MR) is 75.1 cm³/mol. The molecular formula is C14H16N2O5. The Balaban J connectivity index is 2.50. The summed E-state index contributed by atoms with van der Waals surface area (Å²) in [4.78, 5) is 35.4. The fourth-order valence-electron chi connectivity index (χ4n) is 2.83. The van der Waals surface area contributed by atoms with E-state index in [0.29, 0.717) is 11.3 Å². The summed E-state index contributed by atoms with van der Waals surface area (Å²) in [6.45, 7) is 3.25. The molecule has 21 heavy (non-hydrogen) atoms. The van der Waals surface area contributed by atoms with Gasteiger partial charge in [-0.15, -0.1) is 0 Å². The molecule has 1 aromatic carbocycles. The number of benzene rings is 1. The van der Waals surface area contributed by atoms with Gasteiger partial charge in [0.15, 0.2) is 0 Å². The smallest absolute Gasteiger partial charge is 0.306 e. The van der Waals surface area contributed by atoms with E-state index in [-0.39, 0.29) is 30.0 Å². The predicted octanol–water partition coefficient (Wildman–Crippen LogP) is 2.00. The average Bonchev–Trinajstić information content (AvgIpc) is 2.70. The Morgan fingerprint density at radius 2 is 2.10 bits per heavy atom. The van der Waals surface area contributed by atoms with Crippen LogP contribution in [0.2, 0.25) is 0 Å². The Bertz CT molecular complexity index is 613. The largest absolute Gasteiger partial charge is 0.469 e. The summed E-state index contributed by atoms with van der Waals surface area (Å²) in [5.41, 5.74) is 1.20. The van der Waals surface area contributed by atoms with E-state index in [1.165, 1.54) is 26.2 Å². The lowest BCUT2D eigenvalue weighted by molar-refractivity contribution is -0.384. The van der Waals surface area contributed by atoms with E-state index in [9.17, 15) is 19.7 Å². The molecule has 7 nitrogen and oxygen atoms in total. The fraction of sp³-hybridized carbons (Fsp3) is 0.429. The van der Waals surface area contributed by atoms with Crippen LogP contribution in [0.5, 0.6) is 0 Å². The molecule has 1 heterocycles. The number of nitro benzene ring substituents is 1. The van der Waals surface area contributed by atoms with Gasteiger partial charge in [-0.05, 0) is 18.6 Å². The quantitative estimate of drug-likeness (QED) is 0.483. The molecule has 7 heteroatoms. The number of rotatable bonds is 3. The van der Waals surface area contributed by atoms with Gasteiger partial charge >= 0.3 is 5.97 Å². The Morgan fingerprint density at radius 3 is 2.62 bits per heavy atom. The molecule has 0 bridgehead atoms. The standard InChI is InChI=1S/C14H16N2O5/c1-8-11(7-14(18)21-3)12-6-10(16(19)20)4-5-13(12)15(8)9(2)17/h4-6,8,11H,7H2,1-3H3. The number of nitrogens with zero attached hydrogens (tertiary/aromatic N) is 2. The van der Waals surface area contributed by atoms with Crippen molar-refractivity contribution in [2.75, 3.05) is 12.0 Å². The van der Waals surface area contributed by atoms with E-state index in [0.717, 1.165) is 0 Å². The summed E-state index contributed by atoms with van der Waals surface area (Å²) in [7, 11) is 1.29. The van der Waals surface area contributed by atoms with Crippen LogP contribution in [0.25, 0.3) is 0 Å². The number of fused-ring (bicyclic) bond motifs is 1. The minimum absolute atomic E-state index is 0.0544. The minimum Gasteiger partial charge on any atom is -0.469 e. The number of methoxy groups -OCH3 is 1. The third kappa shape index (κ3) is 2.58. The highest BCUT2D eigenvalue weighted by Gasteiger charge is 2.39. The molecule has 0 fully saturated rings. The van der Waals surface area contributed by atoms with Gasteiger partial charge < -0.3 is 9.64 Å². The Kier molecular flexibility index (Phi) is 3.93. The second-order valence-electron chi connectivity index (χ2n) is 5.02. The molecule has 2 atom stereocenters. The molecule has 2 unspecified atom stereocenters. The number of anilines is 1. The van der Waals surface area contributed by atoms with Crippen LogP contribution < -0.4 is 4.90 Å². The second-order valence-corrected chi connectivity index (χ2v) is 5.02. The third-order valence-corrected chi connectivity index (χ3v) is 3.82. The van der Waals surface area contributed by atoms with E-state index in [2.05, 4.69) is 4.74 Å². The summed E-state index contributed by atoms with van der Waals surface area (Å²) >= 11 is 0. The van der Waals surface area contributed by atoms with Crippen LogP contribution in [0.15, 0.2) is 18.2 Å². The first-order valence-corrected chi connectivity index (χ1v) is 6.51. The highest BCUT2D eigenvalue weighted by Crippen LogP contribution is 2.44. The SMILES string of the molecule is COC(=O)CC1c2cc([N+](=O)[O-])ccc2N(C(C)=O)C1C. The molecule has 112 valence electrons. The van der Waals surface area contributed by atoms with Gasteiger partial charge in [-0.3, -0.25) is 19.7 Å². The van der Waals surface area contributed by atoms with Crippen molar-refractivity contribution in [3.8, 4) is 0 Å². The Hall–Kier alpha value is -2.44. The normalized spacial score (nSPS) is 20.0. The van der Waals surface area contributed by atoms with E-state index < -0.39 is 10.9 Å². The highest BCUT2D eigenvalue weighted by atomic mass is 16.6. The maximum atomic E-state index is 11.8. The van der Waals surface area contributed by atoms with Crippen molar-refractivity contribution in [1.82, 2.24) is 0 Å². The maximum absolute atomic E-state index is 11.8. The first kappa shape index (κ1) is 15.0. The zero-order chi connectivity index (χ0) is 15.7. The molecular weight excluding hydrogens is 276 g/mol. The highest BCUT2D eigenvalue weighted by molar-refractivity contribution is 5.95. The topological polar surface area (TPSA) is 89.8 Å². The number of carbonyl (C=O) groups excluding carboxylic acids is 2. The van der Waals surface area contributed by atoms with E-state index >= 15 is 0 Å². The number of amides is 1.